The zero-order chi connectivity index (χ0) is 8.72. The number of carbonyl (C=O) groups excluding carboxylic acids is 1. The van der Waals surface area contributed by atoms with E-state index in [1.54, 1.807) is 0 Å². The van der Waals surface area contributed by atoms with Crippen molar-refractivity contribution in [2.45, 2.75) is 19.4 Å². The van der Waals surface area contributed by atoms with E-state index in [1.807, 2.05) is 19.1 Å². The summed E-state index contributed by atoms with van der Waals surface area (Å²) >= 11 is 0. The third-order valence-corrected chi connectivity index (χ3v) is 2.93. The molecule has 2 aliphatic rings. The maximum atomic E-state index is 11.5. The molecule has 3 heteroatoms. The highest BCUT2D eigenvalue weighted by molar-refractivity contribution is 5.92. The van der Waals surface area contributed by atoms with E-state index in [0.29, 0.717) is 0 Å². The number of carbonyl (C=O) groups is 1. The molecule has 0 heterocycles. The Morgan fingerprint density at radius 1 is 1.54 bits per heavy atom. The van der Waals surface area contributed by atoms with Crippen LogP contribution in [0.1, 0.15) is 13.3 Å². The third-order valence-electron chi connectivity index (χ3n) is 2.93. The quantitative estimate of drug-likeness (QED) is 0.642. The molecule has 0 saturated heterocycles. The van der Waals surface area contributed by atoms with Crippen molar-refractivity contribution in [3.05, 3.63) is 23.8 Å². The molecular weight excluding hydrogens is 186 g/mol. The Labute approximate surface area is 84.3 Å². The van der Waals surface area contributed by atoms with E-state index in [1.165, 1.54) is 5.57 Å². The maximum Gasteiger partial charge on any atom is 0.156 e. The molecule has 2 rings (SSSR count). The maximum absolute atomic E-state index is 11.5. The minimum absolute atomic E-state index is 0. The predicted molar refractivity (Wildman–Crippen MR) is 54.7 cm³/mol. The first-order valence-electron chi connectivity index (χ1n) is 4.37. The van der Waals surface area contributed by atoms with E-state index in [2.05, 4.69) is 6.08 Å². The summed E-state index contributed by atoms with van der Waals surface area (Å²) in [6.45, 7) is 1.95. The van der Waals surface area contributed by atoms with Crippen LogP contribution in [0.3, 0.4) is 0 Å². The molecule has 0 aromatic carbocycles. The number of hydrogen-bond acceptors (Lipinski definition) is 2. The van der Waals surface area contributed by atoms with E-state index in [9.17, 15) is 4.79 Å². The SMILES string of the molecule is CC1C(=O)C(N)C2CC=CC=C12.Cl. The summed E-state index contributed by atoms with van der Waals surface area (Å²) in [5.74, 6) is 0.544. The van der Waals surface area contributed by atoms with Crippen molar-refractivity contribution in [1.29, 1.82) is 0 Å². The van der Waals surface area contributed by atoms with Crippen LogP contribution in [-0.2, 0) is 4.79 Å². The molecule has 0 amide bonds. The summed E-state index contributed by atoms with van der Waals surface area (Å²) < 4.78 is 0. The molecule has 1 fully saturated rings. The topological polar surface area (TPSA) is 43.1 Å². The summed E-state index contributed by atoms with van der Waals surface area (Å²) in [5.41, 5.74) is 7.03. The van der Waals surface area contributed by atoms with Gasteiger partial charge in [-0.25, -0.2) is 0 Å². The van der Waals surface area contributed by atoms with Crippen molar-refractivity contribution in [2.75, 3.05) is 0 Å². The van der Waals surface area contributed by atoms with Gasteiger partial charge >= 0.3 is 0 Å². The standard InChI is InChI=1S/C10H13NO.ClH/c1-6-7-4-2-3-5-8(7)9(11)10(6)12;/h2-4,6,8-9H,5,11H2,1H3;1H. The van der Waals surface area contributed by atoms with Gasteiger partial charge in [-0.2, -0.15) is 0 Å². The first-order valence-corrected chi connectivity index (χ1v) is 4.37. The molecule has 0 aromatic rings. The van der Waals surface area contributed by atoms with Gasteiger partial charge in [0.25, 0.3) is 0 Å². The van der Waals surface area contributed by atoms with Crippen LogP contribution in [-0.4, -0.2) is 11.8 Å². The number of ketones is 1. The molecule has 0 radical (unpaired) electrons. The van der Waals surface area contributed by atoms with Crippen LogP contribution in [0.2, 0.25) is 0 Å². The number of allylic oxidation sites excluding steroid dienone is 3. The van der Waals surface area contributed by atoms with Gasteiger partial charge in [-0.1, -0.05) is 30.7 Å². The van der Waals surface area contributed by atoms with Gasteiger partial charge in [0, 0.05) is 11.8 Å². The summed E-state index contributed by atoms with van der Waals surface area (Å²) in [4.78, 5) is 11.5. The molecule has 2 aliphatic carbocycles. The highest BCUT2D eigenvalue weighted by Crippen LogP contribution is 2.37. The molecule has 0 spiro atoms. The molecule has 3 atom stereocenters. The Balaban J connectivity index is 0.000000845. The van der Waals surface area contributed by atoms with Crippen LogP contribution < -0.4 is 5.73 Å². The molecular formula is C10H14ClNO. The van der Waals surface area contributed by atoms with Crippen molar-refractivity contribution in [3.63, 3.8) is 0 Å². The highest BCUT2D eigenvalue weighted by Gasteiger charge is 2.41. The average Bonchev–Trinajstić information content (AvgIpc) is 2.33. The second-order valence-electron chi connectivity index (χ2n) is 3.59. The second kappa shape index (κ2) is 3.64. The van der Waals surface area contributed by atoms with Gasteiger partial charge in [0.2, 0.25) is 0 Å². The fraction of sp³-hybridized carbons (Fsp3) is 0.500. The van der Waals surface area contributed by atoms with Gasteiger partial charge in [-0.15, -0.1) is 12.4 Å². The number of fused-ring (bicyclic) bond motifs is 1. The minimum atomic E-state index is -0.254. The summed E-state index contributed by atoms with van der Waals surface area (Å²) in [7, 11) is 0. The van der Waals surface area contributed by atoms with Gasteiger partial charge < -0.3 is 5.73 Å². The Hall–Kier alpha value is -0.600. The molecule has 3 unspecified atom stereocenters. The van der Waals surface area contributed by atoms with Crippen LogP contribution >= 0.6 is 12.4 Å². The van der Waals surface area contributed by atoms with Crippen LogP contribution in [0.15, 0.2) is 23.8 Å². The molecule has 1 saturated carbocycles. The summed E-state index contributed by atoms with van der Waals surface area (Å²) in [5, 5.41) is 0. The van der Waals surface area contributed by atoms with Crippen LogP contribution in [0.5, 0.6) is 0 Å². The van der Waals surface area contributed by atoms with Gasteiger partial charge in [0.15, 0.2) is 5.78 Å². The molecule has 0 aromatic heterocycles. The third kappa shape index (κ3) is 1.45. The van der Waals surface area contributed by atoms with Gasteiger partial charge in [0.05, 0.1) is 6.04 Å². The van der Waals surface area contributed by atoms with Crippen LogP contribution in [0.4, 0.5) is 0 Å². The Morgan fingerprint density at radius 3 is 2.85 bits per heavy atom. The number of nitrogens with two attached hydrogens (primary N) is 1. The normalized spacial score (nSPS) is 36.6. The molecule has 2 nitrogen and oxygen atoms in total. The van der Waals surface area contributed by atoms with Gasteiger partial charge in [-0.3, -0.25) is 4.79 Å². The summed E-state index contributed by atoms with van der Waals surface area (Å²) in [6, 6.07) is -0.254. The Kier molecular flexibility index (Phi) is 2.94. The predicted octanol–water partition coefficient (Wildman–Crippen LogP) is 1.46. The van der Waals surface area contributed by atoms with Crippen molar-refractivity contribution < 1.29 is 4.79 Å². The smallest absolute Gasteiger partial charge is 0.156 e. The average molecular weight is 200 g/mol. The zero-order valence-electron chi connectivity index (χ0n) is 7.57. The van der Waals surface area contributed by atoms with Crippen molar-refractivity contribution >= 4 is 18.2 Å². The Morgan fingerprint density at radius 2 is 2.23 bits per heavy atom. The lowest BCUT2D eigenvalue weighted by Crippen LogP contribution is -2.32. The largest absolute Gasteiger partial charge is 0.321 e. The van der Waals surface area contributed by atoms with E-state index in [-0.39, 0.29) is 36.1 Å². The molecule has 0 bridgehead atoms. The zero-order valence-corrected chi connectivity index (χ0v) is 8.38. The lowest BCUT2D eigenvalue weighted by atomic mass is 9.90. The number of rotatable bonds is 0. The first kappa shape index (κ1) is 10.5. The van der Waals surface area contributed by atoms with Crippen LogP contribution in [0.25, 0.3) is 0 Å². The monoisotopic (exact) mass is 199 g/mol. The van der Waals surface area contributed by atoms with Gasteiger partial charge in [0.1, 0.15) is 0 Å². The molecule has 0 aliphatic heterocycles. The van der Waals surface area contributed by atoms with E-state index >= 15 is 0 Å². The fourth-order valence-corrected chi connectivity index (χ4v) is 2.13. The lowest BCUT2D eigenvalue weighted by Gasteiger charge is -2.16. The number of hydrogen-bond donors (Lipinski definition) is 1. The first-order chi connectivity index (χ1) is 5.72. The van der Waals surface area contributed by atoms with E-state index < -0.39 is 0 Å². The fourth-order valence-electron chi connectivity index (χ4n) is 2.13. The minimum Gasteiger partial charge on any atom is -0.321 e. The summed E-state index contributed by atoms with van der Waals surface area (Å²) in [6.07, 6.45) is 7.08. The molecule has 72 valence electrons. The van der Waals surface area contributed by atoms with Crippen molar-refractivity contribution in [3.8, 4) is 0 Å². The molecule has 2 N–H and O–H groups in total. The van der Waals surface area contributed by atoms with E-state index in [0.717, 1.165) is 6.42 Å². The van der Waals surface area contributed by atoms with Crippen molar-refractivity contribution in [2.24, 2.45) is 17.6 Å². The van der Waals surface area contributed by atoms with Crippen LogP contribution in [0, 0.1) is 11.8 Å². The highest BCUT2D eigenvalue weighted by atomic mass is 35.5. The molecule has 13 heavy (non-hydrogen) atoms. The lowest BCUT2D eigenvalue weighted by molar-refractivity contribution is -0.121. The number of Topliss-reactive ketones (excluding diaryl/α,β-unsaturated/α-hetero) is 1. The second-order valence-corrected chi connectivity index (χ2v) is 3.59. The van der Waals surface area contributed by atoms with Crippen molar-refractivity contribution in [1.82, 2.24) is 0 Å². The number of halogens is 1. The Bertz CT molecular complexity index is 283. The van der Waals surface area contributed by atoms with Gasteiger partial charge in [-0.05, 0) is 6.42 Å². The van der Waals surface area contributed by atoms with E-state index in [4.69, 9.17) is 5.73 Å².